The highest BCUT2D eigenvalue weighted by Gasteiger charge is 2.31. The summed E-state index contributed by atoms with van der Waals surface area (Å²) in [5.74, 6) is -0.223. The monoisotopic (exact) mass is 431 g/mol. The topological polar surface area (TPSA) is 90.0 Å². The summed E-state index contributed by atoms with van der Waals surface area (Å²) in [6.07, 6.45) is 1.01. The van der Waals surface area contributed by atoms with Crippen molar-refractivity contribution in [3.63, 3.8) is 0 Å². The third-order valence-electron chi connectivity index (χ3n) is 5.05. The summed E-state index contributed by atoms with van der Waals surface area (Å²) in [5, 5.41) is 0. The molecule has 1 aliphatic rings. The van der Waals surface area contributed by atoms with Crippen molar-refractivity contribution in [3.05, 3.63) is 59.7 Å². The van der Waals surface area contributed by atoms with E-state index in [1.807, 2.05) is 0 Å². The maximum absolute atomic E-state index is 12.9. The number of carbonyl (C=O) groups is 2. The minimum Gasteiger partial charge on any atom is -0.465 e. The van der Waals surface area contributed by atoms with Crippen LogP contribution in [0.4, 0.5) is 0 Å². The Balaban J connectivity index is 1.70. The van der Waals surface area contributed by atoms with Crippen molar-refractivity contribution >= 4 is 22.0 Å². The van der Waals surface area contributed by atoms with Crippen LogP contribution in [0.25, 0.3) is 0 Å². The van der Waals surface area contributed by atoms with E-state index in [4.69, 9.17) is 4.74 Å². The van der Waals surface area contributed by atoms with Crippen molar-refractivity contribution in [1.29, 1.82) is 0 Å². The van der Waals surface area contributed by atoms with Crippen molar-refractivity contribution in [2.75, 3.05) is 20.2 Å². The van der Waals surface area contributed by atoms with Crippen LogP contribution in [0, 0.1) is 11.8 Å². The van der Waals surface area contributed by atoms with Crippen LogP contribution in [0.2, 0.25) is 0 Å². The number of piperidine rings is 1. The van der Waals surface area contributed by atoms with Gasteiger partial charge in [-0.15, -0.1) is 0 Å². The molecule has 1 fully saturated rings. The second-order valence-corrected chi connectivity index (χ2v) is 9.64. The van der Waals surface area contributed by atoms with E-state index < -0.39 is 22.0 Å². The van der Waals surface area contributed by atoms with Gasteiger partial charge in [-0.05, 0) is 66.8 Å². The molecular weight excluding hydrogens is 406 g/mol. The molecule has 2 unspecified atom stereocenters. The molecule has 0 aromatic heterocycles. The molecule has 1 aliphatic heterocycles. The van der Waals surface area contributed by atoms with Crippen molar-refractivity contribution in [3.8, 4) is 5.75 Å². The van der Waals surface area contributed by atoms with Gasteiger partial charge in [-0.3, -0.25) is 0 Å². The number of rotatable bonds is 5. The van der Waals surface area contributed by atoms with E-state index in [9.17, 15) is 18.0 Å². The molecule has 3 rings (SSSR count). The molecule has 0 radical (unpaired) electrons. The summed E-state index contributed by atoms with van der Waals surface area (Å²) in [6.45, 7) is 5.10. The lowest BCUT2D eigenvalue weighted by Crippen LogP contribution is -2.42. The molecule has 160 valence electrons. The van der Waals surface area contributed by atoms with E-state index >= 15 is 0 Å². The quantitative estimate of drug-likeness (QED) is 0.533. The standard InChI is InChI=1S/C22H25NO6S/c1-15-12-16(2)14-23(13-15)30(26,27)20-10-6-18(7-11-20)22(25)29-19-8-4-17(5-9-19)21(24)28-3/h4-11,15-16H,12-14H2,1-3H3. The van der Waals surface area contributed by atoms with Crippen molar-refractivity contribution in [2.24, 2.45) is 11.8 Å². The molecule has 1 heterocycles. The van der Waals surface area contributed by atoms with E-state index in [1.54, 1.807) is 0 Å². The molecule has 1 saturated heterocycles. The maximum Gasteiger partial charge on any atom is 0.343 e. The summed E-state index contributed by atoms with van der Waals surface area (Å²) in [6, 6.07) is 11.7. The highest BCUT2D eigenvalue weighted by atomic mass is 32.2. The van der Waals surface area contributed by atoms with Gasteiger partial charge in [-0.25, -0.2) is 18.0 Å². The van der Waals surface area contributed by atoms with Gasteiger partial charge >= 0.3 is 11.9 Å². The SMILES string of the molecule is COC(=O)c1ccc(OC(=O)c2ccc(S(=O)(=O)N3CC(C)CC(C)C3)cc2)cc1. The summed E-state index contributed by atoms with van der Waals surface area (Å²) >= 11 is 0. The normalized spacial score (nSPS) is 19.8. The molecule has 2 atom stereocenters. The summed E-state index contributed by atoms with van der Waals surface area (Å²) < 4.78 is 37.3. The molecular formula is C22H25NO6S. The van der Waals surface area contributed by atoms with E-state index in [1.165, 1.54) is 59.9 Å². The fourth-order valence-corrected chi connectivity index (χ4v) is 5.34. The molecule has 0 amide bonds. The number of ether oxygens (including phenoxy) is 2. The number of methoxy groups -OCH3 is 1. The van der Waals surface area contributed by atoms with Crippen LogP contribution in [-0.2, 0) is 14.8 Å². The second kappa shape index (κ2) is 8.97. The fraction of sp³-hybridized carbons (Fsp3) is 0.364. The Morgan fingerprint density at radius 3 is 1.90 bits per heavy atom. The molecule has 7 nitrogen and oxygen atoms in total. The molecule has 0 N–H and O–H groups in total. The van der Waals surface area contributed by atoms with Crippen LogP contribution in [0.3, 0.4) is 0 Å². The predicted molar refractivity (Wildman–Crippen MR) is 111 cm³/mol. The van der Waals surface area contributed by atoms with Crippen LogP contribution in [0.5, 0.6) is 5.75 Å². The third kappa shape index (κ3) is 4.88. The van der Waals surface area contributed by atoms with Gasteiger partial charge in [-0.1, -0.05) is 13.8 Å². The largest absolute Gasteiger partial charge is 0.465 e. The average Bonchev–Trinajstić information content (AvgIpc) is 2.73. The Bertz CT molecular complexity index is 1000. The van der Waals surface area contributed by atoms with Gasteiger partial charge in [0.25, 0.3) is 0 Å². The molecule has 0 spiro atoms. The number of sulfonamides is 1. The van der Waals surface area contributed by atoms with Gasteiger partial charge < -0.3 is 9.47 Å². The number of esters is 2. The molecule has 2 aromatic carbocycles. The van der Waals surface area contributed by atoms with Gasteiger partial charge in [0.1, 0.15) is 5.75 Å². The molecule has 0 bridgehead atoms. The molecule has 2 aromatic rings. The Labute approximate surface area is 176 Å². The van der Waals surface area contributed by atoms with Gasteiger partial charge in [-0.2, -0.15) is 4.31 Å². The highest BCUT2D eigenvalue weighted by molar-refractivity contribution is 7.89. The van der Waals surface area contributed by atoms with Crippen molar-refractivity contribution in [2.45, 2.75) is 25.2 Å². The molecule has 0 aliphatic carbocycles. The first-order chi connectivity index (χ1) is 14.2. The zero-order valence-corrected chi connectivity index (χ0v) is 18.0. The van der Waals surface area contributed by atoms with Gasteiger partial charge in [0.2, 0.25) is 10.0 Å². The molecule has 8 heteroatoms. The number of carbonyl (C=O) groups excluding carboxylic acids is 2. The Morgan fingerprint density at radius 2 is 1.37 bits per heavy atom. The summed E-state index contributed by atoms with van der Waals surface area (Å²) in [5.41, 5.74) is 0.569. The third-order valence-corrected chi connectivity index (χ3v) is 6.89. The van der Waals surface area contributed by atoms with Crippen LogP contribution in [0.15, 0.2) is 53.4 Å². The first-order valence-electron chi connectivity index (χ1n) is 9.71. The molecule has 30 heavy (non-hydrogen) atoms. The van der Waals surface area contributed by atoms with Crippen molar-refractivity contribution < 1.29 is 27.5 Å². The zero-order chi connectivity index (χ0) is 21.9. The Kier molecular flexibility index (Phi) is 6.58. The number of nitrogens with zero attached hydrogens (tertiary/aromatic N) is 1. The van der Waals surface area contributed by atoms with Crippen LogP contribution in [-0.4, -0.2) is 44.9 Å². The minimum absolute atomic E-state index is 0.155. The minimum atomic E-state index is -3.61. The average molecular weight is 432 g/mol. The van der Waals surface area contributed by atoms with Gasteiger partial charge in [0.15, 0.2) is 0 Å². The lowest BCUT2D eigenvalue weighted by molar-refractivity contribution is 0.0600. The lowest BCUT2D eigenvalue weighted by atomic mass is 9.94. The van der Waals surface area contributed by atoms with E-state index in [2.05, 4.69) is 18.6 Å². The lowest BCUT2D eigenvalue weighted by Gasteiger charge is -2.34. The highest BCUT2D eigenvalue weighted by Crippen LogP contribution is 2.27. The van der Waals surface area contributed by atoms with Crippen LogP contribution in [0.1, 0.15) is 41.0 Å². The maximum atomic E-state index is 12.9. The number of benzene rings is 2. The first kappa shape index (κ1) is 22.0. The van der Waals surface area contributed by atoms with Crippen molar-refractivity contribution in [1.82, 2.24) is 4.31 Å². The summed E-state index contributed by atoms with van der Waals surface area (Å²) in [7, 11) is -2.32. The zero-order valence-electron chi connectivity index (χ0n) is 17.2. The van der Waals surface area contributed by atoms with Crippen LogP contribution >= 0.6 is 0 Å². The fourth-order valence-electron chi connectivity index (χ4n) is 3.66. The summed E-state index contributed by atoms with van der Waals surface area (Å²) in [4.78, 5) is 24.0. The van der Waals surface area contributed by atoms with E-state index in [0.717, 1.165) is 6.42 Å². The number of hydrogen-bond donors (Lipinski definition) is 0. The van der Waals surface area contributed by atoms with Gasteiger partial charge in [0.05, 0.1) is 23.1 Å². The van der Waals surface area contributed by atoms with E-state index in [0.29, 0.717) is 30.5 Å². The van der Waals surface area contributed by atoms with Crippen LogP contribution < -0.4 is 4.74 Å². The van der Waals surface area contributed by atoms with E-state index in [-0.39, 0.29) is 16.2 Å². The second-order valence-electron chi connectivity index (χ2n) is 7.70. The first-order valence-corrected chi connectivity index (χ1v) is 11.2. The molecule has 0 saturated carbocycles. The smallest absolute Gasteiger partial charge is 0.343 e. The number of hydrogen-bond acceptors (Lipinski definition) is 6. The predicted octanol–water partition coefficient (Wildman–Crippen LogP) is 3.36. The Morgan fingerprint density at radius 1 is 0.867 bits per heavy atom. The van der Waals surface area contributed by atoms with Gasteiger partial charge in [0, 0.05) is 13.1 Å². The Hall–Kier alpha value is -2.71.